The zero-order valence-electron chi connectivity index (χ0n) is 15.4. The fourth-order valence-corrected chi connectivity index (χ4v) is 3.23. The Kier molecular flexibility index (Phi) is 7.34. The molecule has 0 saturated carbocycles. The molecule has 0 spiro atoms. The third-order valence-corrected chi connectivity index (χ3v) is 4.77. The van der Waals surface area contributed by atoms with Crippen LogP contribution in [0.5, 0.6) is 0 Å². The molecule has 1 N–H and O–H groups in total. The average molecular weight is 319 g/mol. The lowest BCUT2D eigenvalue weighted by Crippen LogP contribution is -2.48. The largest absolute Gasteiger partial charge is 0.369 e. The molecule has 1 aromatic rings. The summed E-state index contributed by atoms with van der Waals surface area (Å²) in [6, 6.07) is 9.83. The van der Waals surface area contributed by atoms with Gasteiger partial charge in [-0.15, -0.1) is 0 Å². The Morgan fingerprint density at radius 1 is 1.09 bits per heavy atom. The highest BCUT2D eigenvalue weighted by Crippen LogP contribution is 2.18. The van der Waals surface area contributed by atoms with Crippen molar-refractivity contribution in [1.82, 2.24) is 15.1 Å². The van der Waals surface area contributed by atoms with Gasteiger partial charge in [-0.05, 0) is 65.1 Å². The average Bonchev–Trinajstić information content (AvgIpc) is 2.56. The topological polar surface area (TPSA) is 21.8 Å². The molecular weight excluding hydrogens is 284 g/mol. The normalized spacial score (nSPS) is 16.5. The van der Waals surface area contributed by atoms with Gasteiger partial charge >= 0.3 is 0 Å². The summed E-state index contributed by atoms with van der Waals surface area (Å²) in [5, 5.41) is 3.21. The highest BCUT2D eigenvalue weighted by Gasteiger charge is 2.18. The van der Waals surface area contributed by atoms with E-state index in [9.17, 15) is 0 Å². The van der Waals surface area contributed by atoms with E-state index in [0.29, 0.717) is 6.04 Å². The van der Waals surface area contributed by atoms with Gasteiger partial charge in [0.1, 0.15) is 0 Å². The van der Waals surface area contributed by atoms with E-state index in [4.69, 9.17) is 0 Å². The molecule has 2 rings (SSSR count). The molecule has 1 aliphatic rings. The number of piperazine rings is 1. The van der Waals surface area contributed by atoms with Gasteiger partial charge in [0, 0.05) is 44.5 Å². The second kappa shape index (κ2) is 9.26. The van der Waals surface area contributed by atoms with E-state index in [-0.39, 0.29) is 0 Å². The molecule has 0 radical (unpaired) electrons. The second-order valence-electron chi connectivity index (χ2n) is 6.98. The maximum Gasteiger partial charge on any atom is 0.0367 e. The minimum Gasteiger partial charge on any atom is -0.369 e. The smallest absolute Gasteiger partial charge is 0.0367 e. The van der Waals surface area contributed by atoms with E-state index < -0.39 is 0 Å². The van der Waals surface area contributed by atoms with Gasteiger partial charge in [0.05, 0.1) is 0 Å². The first-order valence-corrected chi connectivity index (χ1v) is 9.01. The van der Waals surface area contributed by atoms with Crippen molar-refractivity contribution in [3.8, 4) is 0 Å². The second-order valence-corrected chi connectivity index (χ2v) is 6.98. The highest BCUT2D eigenvalue weighted by molar-refractivity contribution is 5.48. The zero-order valence-corrected chi connectivity index (χ0v) is 15.4. The van der Waals surface area contributed by atoms with Crippen LogP contribution in [0.2, 0.25) is 0 Å². The van der Waals surface area contributed by atoms with Crippen molar-refractivity contribution in [2.75, 3.05) is 58.3 Å². The Labute approximate surface area is 142 Å². The number of nitrogens with zero attached hydrogens (tertiary/aromatic N) is 3. The Hall–Kier alpha value is -1.10. The lowest BCUT2D eigenvalue weighted by molar-refractivity contribution is 0.209. The van der Waals surface area contributed by atoms with Crippen LogP contribution in [0, 0.1) is 0 Å². The lowest BCUT2D eigenvalue weighted by Gasteiger charge is -2.38. The summed E-state index contributed by atoms with van der Waals surface area (Å²) in [5.74, 6) is 0. The summed E-state index contributed by atoms with van der Waals surface area (Å²) in [4.78, 5) is 7.47. The quantitative estimate of drug-likeness (QED) is 0.742. The third kappa shape index (κ3) is 5.79. The number of nitrogens with one attached hydrogen (secondary N) is 1. The fraction of sp³-hybridized carbons (Fsp3) is 0.684. The first-order valence-electron chi connectivity index (χ1n) is 9.01. The molecule has 1 heterocycles. The van der Waals surface area contributed by atoms with Gasteiger partial charge in [0.25, 0.3) is 0 Å². The van der Waals surface area contributed by atoms with Crippen molar-refractivity contribution in [3.05, 3.63) is 29.8 Å². The van der Waals surface area contributed by atoms with E-state index in [0.717, 1.165) is 32.7 Å². The molecule has 0 atom stereocenters. The van der Waals surface area contributed by atoms with Crippen LogP contribution in [0.4, 0.5) is 5.69 Å². The van der Waals surface area contributed by atoms with Crippen LogP contribution < -0.4 is 10.2 Å². The van der Waals surface area contributed by atoms with Crippen LogP contribution >= 0.6 is 0 Å². The number of hydrogen-bond donors (Lipinski definition) is 1. The molecule has 1 fully saturated rings. The van der Waals surface area contributed by atoms with Crippen molar-refractivity contribution in [1.29, 1.82) is 0 Å². The highest BCUT2D eigenvalue weighted by atomic mass is 15.3. The Morgan fingerprint density at radius 3 is 2.30 bits per heavy atom. The van der Waals surface area contributed by atoms with E-state index in [1.807, 2.05) is 7.05 Å². The number of anilines is 1. The first-order chi connectivity index (χ1) is 11.1. The number of benzene rings is 1. The summed E-state index contributed by atoms with van der Waals surface area (Å²) in [5.41, 5.74) is 2.77. The molecule has 23 heavy (non-hydrogen) atoms. The Morgan fingerprint density at radius 2 is 1.74 bits per heavy atom. The molecule has 1 saturated heterocycles. The van der Waals surface area contributed by atoms with Gasteiger partial charge in [-0.3, -0.25) is 4.90 Å². The maximum atomic E-state index is 3.21. The molecule has 0 amide bonds. The summed E-state index contributed by atoms with van der Waals surface area (Å²) >= 11 is 0. The molecule has 0 bridgehead atoms. The Balaban J connectivity index is 1.80. The van der Waals surface area contributed by atoms with Crippen LogP contribution in [0.15, 0.2) is 24.3 Å². The summed E-state index contributed by atoms with van der Waals surface area (Å²) < 4.78 is 0. The van der Waals surface area contributed by atoms with Crippen molar-refractivity contribution >= 4 is 5.69 Å². The van der Waals surface area contributed by atoms with Gasteiger partial charge in [-0.25, -0.2) is 0 Å². The van der Waals surface area contributed by atoms with Gasteiger partial charge in [0.15, 0.2) is 0 Å². The van der Waals surface area contributed by atoms with E-state index >= 15 is 0 Å². The minimum absolute atomic E-state index is 0.665. The number of rotatable bonds is 8. The van der Waals surface area contributed by atoms with Gasteiger partial charge in [-0.2, -0.15) is 0 Å². The summed E-state index contributed by atoms with van der Waals surface area (Å²) in [7, 11) is 4.22. The fourth-order valence-electron chi connectivity index (χ4n) is 3.23. The molecule has 0 aliphatic carbocycles. The van der Waals surface area contributed by atoms with Gasteiger partial charge in [-0.1, -0.05) is 12.1 Å². The predicted molar refractivity (Wildman–Crippen MR) is 100 cm³/mol. The van der Waals surface area contributed by atoms with Crippen LogP contribution in [0.25, 0.3) is 0 Å². The molecule has 1 aromatic carbocycles. The van der Waals surface area contributed by atoms with E-state index in [1.165, 1.54) is 30.8 Å². The molecule has 0 unspecified atom stereocenters. The summed E-state index contributed by atoms with van der Waals surface area (Å²) in [6.45, 7) is 12.5. The molecular formula is C19H34N4. The standard InChI is InChI=1S/C19H34N4/c1-17(2)22-12-14-23(15-13-22)19-8-6-18(7-9-19)16-21(4)11-5-10-20-3/h6-9,17,20H,5,10-16H2,1-4H3. The predicted octanol–water partition coefficient (Wildman–Crippen LogP) is 2.26. The monoisotopic (exact) mass is 318 g/mol. The van der Waals surface area contributed by atoms with Gasteiger partial charge < -0.3 is 15.1 Å². The maximum absolute atomic E-state index is 3.21. The molecule has 4 heteroatoms. The molecule has 0 aromatic heterocycles. The van der Waals surface area contributed by atoms with Crippen molar-refractivity contribution < 1.29 is 0 Å². The van der Waals surface area contributed by atoms with Crippen molar-refractivity contribution in [3.63, 3.8) is 0 Å². The molecule has 130 valence electrons. The lowest BCUT2D eigenvalue weighted by atomic mass is 10.1. The third-order valence-electron chi connectivity index (χ3n) is 4.77. The van der Waals surface area contributed by atoms with Crippen LogP contribution in [0.1, 0.15) is 25.8 Å². The summed E-state index contributed by atoms with van der Waals surface area (Å²) in [6.07, 6.45) is 1.20. The van der Waals surface area contributed by atoms with Gasteiger partial charge in [0.2, 0.25) is 0 Å². The zero-order chi connectivity index (χ0) is 16.7. The molecule has 1 aliphatic heterocycles. The van der Waals surface area contributed by atoms with Crippen LogP contribution in [-0.2, 0) is 6.54 Å². The van der Waals surface area contributed by atoms with Crippen LogP contribution in [0.3, 0.4) is 0 Å². The van der Waals surface area contributed by atoms with Crippen molar-refractivity contribution in [2.24, 2.45) is 0 Å². The van der Waals surface area contributed by atoms with Crippen molar-refractivity contribution in [2.45, 2.75) is 32.9 Å². The Bertz CT molecular complexity index is 435. The SMILES string of the molecule is CNCCCN(C)Cc1ccc(N2CCN(C(C)C)CC2)cc1. The van der Waals surface area contributed by atoms with Crippen LogP contribution in [-0.4, -0.2) is 69.2 Å². The molecule has 4 nitrogen and oxygen atoms in total. The van der Waals surface area contributed by atoms with E-state index in [2.05, 4.69) is 65.2 Å². The minimum atomic E-state index is 0.665. The first kappa shape index (κ1) is 18.2. The van der Waals surface area contributed by atoms with E-state index in [1.54, 1.807) is 0 Å². The number of hydrogen-bond acceptors (Lipinski definition) is 4.